The first kappa shape index (κ1) is 18.8. The molecule has 2 aromatic heterocycles. The maximum atomic E-state index is 13.0. The number of para-hydroxylation sites is 2. The van der Waals surface area contributed by atoms with E-state index in [1.165, 1.54) is 4.80 Å². The number of hydrogen-bond acceptors (Lipinski definition) is 5. The number of aromatic nitrogens is 6. The third-order valence-corrected chi connectivity index (χ3v) is 4.91. The van der Waals surface area contributed by atoms with E-state index in [-0.39, 0.29) is 11.8 Å². The van der Waals surface area contributed by atoms with Gasteiger partial charge in [0.05, 0.1) is 17.6 Å². The molecule has 1 atom stereocenters. The number of nitrogens with zero attached hydrogens (tertiary/aromatic N) is 6. The van der Waals surface area contributed by atoms with Gasteiger partial charge in [0.1, 0.15) is 5.82 Å². The van der Waals surface area contributed by atoms with E-state index in [9.17, 15) is 4.79 Å². The zero-order chi connectivity index (χ0) is 20.4. The number of rotatable bonds is 6. The molecule has 1 N–H and O–H groups in total. The average Bonchev–Trinajstić information content (AvgIpc) is 3.32. The van der Waals surface area contributed by atoms with Gasteiger partial charge in [-0.25, -0.2) is 4.98 Å². The first-order chi connectivity index (χ1) is 14.0. The van der Waals surface area contributed by atoms with E-state index < -0.39 is 6.04 Å². The van der Waals surface area contributed by atoms with Crippen LogP contribution in [-0.4, -0.2) is 35.7 Å². The minimum absolute atomic E-state index is 0.00623. The Kier molecular flexibility index (Phi) is 5.07. The number of carbonyl (C=O) groups is 1. The Balaban J connectivity index is 1.52. The van der Waals surface area contributed by atoms with E-state index in [4.69, 9.17) is 0 Å². The summed E-state index contributed by atoms with van der Waals surface area (Å²) in [5.41, 5.74) is 2.80. The Bertz CT molecular complexity index is 1130. The minimum Gasteiger partial charge on any atom is -0.347 e. The number of benzene rings is 2. The number of tetrazole rings is 1. The molecule has 2 aromatic carbocycles. The van der Waals surface area contributed by atoms with Crippen LogP contribution in [0.1, 0.15) is 25.7 Å². The highest BCUT2D eigenvalue weighted by Gasteiger charge is 2.27. The lowest BCUT2D eigenvalue weighted by molar-refractivity contribution is -0.126. The second-order valence-electron chi connectivity index (χ2n) is 7.28. The zero-order valence-electron chi connectivity index (χ0n) is 16.6. The van der Waals surface area contributed by atoms with Gasteiger partial charge in [0, 0.05) is 12.6 Å². The van der Waals surface area contributed by atoms with Crippen molar-refractivity contribution in [3.8, 4) is 11.4 Å². The Morgan fingerprint density at radius 2 is 1.79 bits per heavy atom. The largest absolute Gasteiger partial charge is 0.347 e. The Morgan fingerprint density at radius 3 is 2.52 bits per heavy atom. The average molecular weight is 389 g/mol. The molecule has 2 heterocycles. The molecule has 4 rings (SSSR count). The third-order valence-electron chi connectivity index (χ3n) is 4.91. The fourth-order valence-corrected chi connectivity index (χ4v) is 3.34. The van der Waals surface area contributed by atoms with Crippen molar-refractivity contribution < 1.29 is 4.79 Å². The lowest BCUT2D eigenvalue weighted by Crippen LogP contribution is -2.36. The molecule has 4 aromatic rings. The van der Waals surface area contributed by atoms with Crippen LogP contribution in [0.2, 0.25) is 0 Å². The summed E-state index contributed by atoms with van der Waals surface area (Å²) in [5.74, 6) is 1.12. The lowest BCUT2D eigenvalue weighted by atomic mass is 10.0. The fourth-order valence-electron chi connectivity index (χ4n) is 3.34. The van der Waals surface area contributed by atoms with Gasteiger partial charge in [-0.3, -0.25) is 4.79 Å². The van der Waals surface area contributed by atoms with Crippen molar-refractivity contribution in [1.29, 1.82) is 0 Å². The van der Waals surface area contributed by atoms with E-state index in [2.05, 4.69) is 25.7 Å². The van der Waals surface area contributed by atoms with Crippen LogP contribution >= 0.6 is 0 Å². The molecule has 0 aliphatic heterocycles. The number of carbonyl (C=O) groups excluding carboxylic acids is 1. The summed E-state index contributed by atoms with van der Waals surface area (Å²) in [4.78, 5) is 19.0. The minimum atomic E-state index is -0.561. The summed E-state index contributed by atoms with van der Waals surface area (Å²) >= 11 is 0. The maximum Gasteiger partial charge on any atom is 0.247 e. The van der Waals surface area contributed by atoms with Crippen LogP contribution in [0, 0.1) is 5.92 Å². The van der Waals surface area contributed by atoms with Gasteiger partial charge < -0.3 is 9.88 Å². The SMILES string of the molecule is CC(C)C(C(=O)NCc1nc2ccccc2n1C)n1nnc(-c2ccccc2)n1. The molecular formula is C21H23N7O. The van der Waals surface area contributed by atoms with Gasteiger partial charge in [-0.15, -0.1) is 10.2 Å². The van der Waals surface area contributed by atoms with Gasteiger partial charge in [0.15, 0.2) is 6.04 Å². The number of imidazole rings is 1. The first-order valence-corrected chi connectivity index (χ1v) is 9.57. The molecule has 0 spiro atoms. The van der Waals surface area contributed by atoms with Gasteiger partial charge >= 0.3 is 0 Å². The van der Waals surface area contributed by atoms with Crippen LogP contribution < -0.4 is 5.32 Å². The van der Waals surface area contributed by atoms with E-state index in [0.717, 1.165) is 22.4 Å². The van der Waals surface area contributed by atoms with Gasteiger partial charge in [-0.1, -0.05) is 56.3 Å². The van der Waals surface area contributed by atoms with Crippen LogP contribution in [0.25, 0.3) is 22.4 Å². The molecular weight excluding hydrogens is 366 g/mol. The highest BCUT2D eigenvalue weighted by atomic mass is 16.2. The molecule has 0 aliphatic carbocycles. The quantitative estimate of drug-likeness (QED) is 0.548. The molecule has 0 saturated carbocycles. The van der Waals surface area contributed by atoms with Crippen molar-refractivity contribution in [1.82, 2.24) is 35.1 Å². The zero-order valence-corrected chi connectivity index (χ0v) is 16.6. The Morgan fingerprint density at radius 1 is 1.07 bits per heavy atom. The number of nitrogens with one attached hydrogen (secondary N) is 1. The fraction of sp³-hybridized carbons (Fsp3) is 0.286. The molecule has 0 fully saturated rings. The smallest absolute Gasteiger partial charge is 0.247 e. The molecule has 1 unspecified atom stereocenters. The van der Waals surface area contributed by atoms with Gasteiger partial charge in [-0.2, -0.15) is 4.80 Å². The topological polar surface area (TPSA) is 90.5 Å². The number of amides is 1. The van der Waals surface area contributed by atoms with E-state index in [1.807, 2.05) is 80.1 Å². The first-order valence-electron chi connectivity index (χ1n) is 9.57. The predicted molar refractivity (Wildman–Crippen MR) is 110 cm³/mol. The van der Waals surface area contributed by atoms with E-state index in [0.29, 0.717) is 12.4 Å². The summed E-state index contributed by atoms with van der Waals surface area (Å²) in [5, 5.41) is 15.7. The summed E-state index contributed by atoms with van der Waals surface area (Å²) < 4.78 is 1.99. The molecule has 8 nitrogen and oxygen atoms in total. The summed E-state index contributed by atoms with van der Waals surface area (Å²) in [6.45, 7) is 4.25. The van der Waals surface area contributed by atoms with Gasteiger partial charge in [-0.05, 0) is 23.3 Å². The number of fused-ring (bicyclic) bond motifs is 1. The lowest BCUT2D eigenvalue weighted by Gasteiger charge is -2.18. The molecule has 148 valence electrons. The van der Waals surface area contributed by atoms with Crippen LogP contribution in [0.4, 0.5) is 0 Å². The second-order valence-corrected chi connectivity index (χ2v) is 7.28. The van der Waals surface area contributed by atoms with E-state index >= 15 is 0 Å². The van der Waals surface area contributed by atoms with E-state index in [1.54, 1.807) is 0 Å². The molecule has 0 radical (unpaired) electrons. The van der Waals surface area contributed by atoms with Crippen LogP contribution in [-0.2, 0) is 18.4 Å². The maximum absolute atomic E-state index is 13.0. The Labute approximate surface area is 168 Å². The Hall–Kier alpha value is -3.55. The number of aryl methyl sites for hydroxylation is 1. The molecule has 0 aliphatic rings. The summed E-state index contributed by atoms with van der Waals surface area (Å²) in [6.07, 6.45) is 0. The van der Waals surface area contributed by atoms with Crippen molar-refractivity contribution in [2.75, 3.05) is 0 Å². The molecule has 8 heteroatoms. The van der Waals surface area contributed by atoms with Crippen LogP contribution in [0.5, 0.6) is 0 Å². The van der Waals surface area contributed by atoms with Crippen molar-refractivity contribution in [3.05, 3.63) is 60.4 Å². The summed E-state index contributed by atoms with van der Waals surface area (Å²) in [6, 6.07) is 16.9. The van der Waals surface area contributed by atoms with Crippen molar-refractivity contribution >= 4 is 16.9 Å². The molecule has 29 heavy (non-hydrogen) atoms. The van der Waals surface area contributed by atoms with Crippen LogP contribution in [0.15, 0.2) is 54.6 Å². The standard InChI is InChI=1S/C21H23N7O/c1-14(2)19(28-25-20(24-26-28)15-9-5-4-6-10-15)21(29)22-13-18-23-16-11-7-8-12-17(16)27(18)3/h4-12,14,19H,13H2,1-3H3,(H,22,29). The summed E-state index contributed by atoms with van der Waals surface area (Å²) in [7, 11) is 1.95. The normalized spacial score (nSPS) is 12.4. The predicted octanol–water partition coefficient (Wildman–Crippen LogP) is 2.74. The molecule has 0 saturated heterocycles. The third kappa shape index (κ3) is 3.73. The number of hydrogen-bond donors (Lipinski definition) is 1. The van der Waals surface area contributed by atoms with Crippen LogP contribution in [0.3, 0.4) is 0 Å². The highest BCUT2D eigenvalue weighted by molar-refractivity contribution is 5.80. The van der Waals surface area contributed by atoms with Gasteiger partial charge in [0.2, 0.25) is 11.7 Å². The molecule has 0 bridgehead atoms. The van der Waals surface area contributed by atoms with Crippen molar-refractivity contribution in [2.24, 2.45) is 13.0 Å². The monoisotopic (exact) mass is 389 g/mol. The highest BCUT2D eigenvalue weighted by Crippen LogP contribution is 2.19. The van der Waals surface area contributed by atoms with Crippen molar-refractivity contribution in [3.63, 3.8) is 0 Å². The van der Waals surface area contributed by atoms with Gasteiger partial charge in [0.25, 0.3) is 0 Å². The molecule has 1 amide bonds. The second kappa shape index (κ2) is 7.83. The van der Waals surface area contributed by atoms with Crippen molar-refractivity contribution in [2.45, 2.75) is 26.4 Å².